The number of hydrogen-bond donors (Lipinski definition) is 0. The van der Waals surface area contributed by atoms with Gasteiger partial charge in [-0.25, -0.2) is 0 Å². The highest BCUT2D eigenvalue weighted by Crippen LogP contribution is 2.24. The summed E-state index contributed by atoms with van der Waals surface area (Å²) in [5, 5.41) is 0. The molecule has 1 aliphatic heterocycles. The molecule has 0 spiro atoms. The van der Waals surface area contributed by atoms with Gasteiger partial charge in [0, 0.05) is 12.1 Å². The molecule has 0 aliphatic carbocycles. The van der Waals surface area contributed by atoms with Crippen molar-refractivity contribution in [3.8, 4) is 5.75 Å². The van der Waals surface area contributed by atoms with E-state index in [-0.39, 0.29) is 17.8 Å². The van der Waals surface area contributed by atoms with E-state index in [0.717, 1.165) is 9.35 Å². The molecule has 2 heterocycles. The second-order valence-electron chi connectivity index (χ2n) is 6.19. The predicted molar refractivity (Wildman–Crippen MR) is 104 cm³/mol. The second kappa shape index (κ2) is 8.33. The number of rotatable bonds is 5. The van der Waals surface area contributed by atoms with Crippen molar-refractivity contribution in [2.75, 3.05) is 26.3 Å². The Morgan fingerprint density at radius 1 is 1.35 bits per heavy atom. The number of Topliss-reactive ketones (excluding diaryl/α,β-unsaturated/α-hetero) is 1. The number of carbonyl (C=O) groups excluding carboxylic acids is 2. The maximum absolute atomic E-state index is 12.6. The topological polar surface area (TPSA) is 55.8 Å². The number of carbonyl (C=O) groups is 2. The van der Waals surface area contributed by atoms with Crippen molar-refractivity contribution in [1.29, 1.82) is 0 Å². The highest BCUT2D eigenvalue weighted by atomic mass is 79.9. The van der Waals surface area contributed by atoms with E-state index in [4.69, 9.17) is 9.47 Å². The van der Waals surface area contributed by atoms with Crippen LogP contribution in [0.25, 0.3) is 0 Å². The van der Waals surface area contributed by atoms with Crippen molar-refractivity contribution in [3.63, 3.8) is 0 Å². The monoisotopic (exact) mass is 437 g/mol. The highest BCUT2D eigenvalue weighted by molar-refractivity contribution is 9.11. The Morgan fingerprint density at radius 2 is 2.15 bits per heavy atom. The minimum Gasteiger partial charge on any atom is -0.491 e. The average molecular weight is 438 g/mol. The summed E-state index contributed by atoms with van der Waals surface area (Å²) in [7, 11) is 0. The van der Waals surface area contributed by atoms with Crippen LogP contribution in [0.2, 0.25) is 0 Å². The van der Waals surface area contributed by atoms with Crippen molar-refractivity contribution in [2.45, 2.75) is 20.0 Å². The third kappa shape index (κ3) is 4.52. The molecule has 3 rings (SSSR count). The van der Waals surface area contributed by atoms with Gasteiger partial charge < -0.3 is 14.4 Å². The van der Waals surface area contributed by atoms with Gasteiger partial charge in [-0.1, -0.05) is 0 Å². The molecular formula is C19H20BrNO4S. The Labute approximate surface area is 165 Å². The van der Waals surface area contributed by atoms with Crippen LogP contribution in [0.4, 0.5) is 0 Å². The third-order valence-electron chi connectivity index (χ3n) is 4.22. The summed E-state index contributed by atoms with van der Waals surface area (Å²) in [6.45, 7) is 5.37. The van der Waals surface area contributed by atoms with E-state index in [0.29, 0.717) is 42.5 Å². The first-order valence-corrected chi connectivity index (χ1v) is 9.95. The molecule has 0 bridgehead atoms. The molecule has 1 saturated heterocycles. The Balaban J connectivity index is 1.58. The Kier molecular flexibility index (Phi) is 6.11. The maximum atomic E-state index is 12.6. The largest absolute Gasteiger partial charge is 0.491 e. The van der Waals surface area contributed by atoms with E-state index >= 15 is 0 Å². The molecule has 1 atom stereocenters. The number of halogens is 1. The Bertz CT molecular complexity index is 820. The lowest BCUT2D eigenvalue weighted by Crippen LogP contribution is -2.47. The van der Waals surface area contributed by atoms with Gasteiger partial charge in [-0.2, -0.15) is 0 Å². The summed E-state index contributed by atoms with van der Waals surface area (Å²) in [5.41, 5.74) is 1.59. The molecule has 1 aromatic carbocycles. The number of hydrogen-bond acceptors (Lipinski definition) is 5. The first kappa shape index (κ1) is 19.1. The molecule has 1 unspecified atom stereocenters. The predicted octanol–water partition coefficient (Wildman–Crippen LogP) is 3.94. The zero-order chi connectivity index (χ0) is 18.7. The number of ketones is 1. The average Bonchev–Trinajstić information content (AvgIpc) is 3.05. The lowest BCUT2D eigenvalue weighted by Gasteiger charge is -2.32. The van der Waals surface area contributed by atoms with Crippen LogP contribution in [0, 0.1) is 6.92 Å². The van der Waals surface area contributed by atoms with Crippen LogP contribution in [-0.2, 0) is 4.74 Å². The van der Waals surface area contributed by atoms with E-state index in [1.165, 1.54) is 11.3 Å². The fourth-order valence-electron chi connectivity index (χ4n) is 2.90. The first-order valence-electron chi connectivity index (χ1n) is 8.34. The van der Waals surface area contributed by atoms with Gasteiger partial charge in [-0.15, -0.1) is 11.3 Å². The zero-order valence-corrected chi connectivity index (χ0v) is 17.1. The molecule has 0 N–H and O–H groups in total. The first-order chi connectivity index (χ1) is 12.4. The van der Waals surface area contributed by atoms with Crippen molar-refractivity contribution in [1.82, 2.24) is 4.90 Å². The molecule has 7 heteroatoms. The third-order valence-corrected chi connectivity index (χ3v) is 5.83. The van der Waals surface area contributed by atoms with Crippen molar-refractivity contribution in [3.05, 3.63) is 50.1 Å². The number of nitrogens with zero attached hydrogens (tertiary/aromatic N) is 1. The lowest BCUT2D eigenvalue weighted by molar-refractivity contribution is -0.0400. The minimum atomic E-state index is -0.177. The van der Waals surface area contributed by atoms with Crippen LogP contribution >= 0.6 is 27.3 Å². The van der Waals surface area contributed by atoms with Gasteiger partial charge in [-0.05, 0) is 65.7 Å². The molecule has 0 saturated carbocycles. The number of thiophene rings is 1. The Morgan fingerprint density at radius 3 is 2.81 bits per heavy atom. The molecule has 138 valence electrons. The van der Waals surface area contributed by atoms with Crippen LogP contribution in [0.1, 0.15) is 32.5 Å². The number of amides is 1. The number of benzene rings is 1. The van der Waals surface area contributed by atoms with E-state index in [9.17, 15) is 9.59 Å². The van der Waals surface area contributed by atoms with Gasteiger partial charge in [0.05, 0.1) is 21.8 Å². The minimum absolute atomic E-state index is 0.0238. The Hall–Kier alpha value is -1.70. The molecule has 1 fully saturated rings. The van der Waals surface area contributed by atoms with Gasteiger partial charge in [0.2, 0.25) is 0 Å². The molecular weight excluding hydrogens is 418 g/mol. The van der Waals surface area contributed by atoms with Crippen molar-refractivity contribution < 1.29 is 19.1 Å². The summed E-state index contributed by atoms with van der Waals surface area (Å²) in [4.78, 5) is 26.6. The number of morpholine rings is 1. The van der Waals surface area contributed by atoms with Gasteiger partial charge in [0.25, 0.3) is 5.91 Å². The fraction of sp³-hybridized carbons (Fsp3) is 0.368. The summed E-state index contributed by atoms with van der Waals surface area (Å²) >= 11 is 4.82. The summed E-state index contributed by atoms with van der Waals surface area (Å²) in [5.74, 6) is 0.761. The van der Waals surface area contributed by atoms with Crippen LogP contribution < -0.4 is 4.74 Å². The normalized spacial score (nSPS) is 17.2. The van der Waals surface area contributed by atoms with E-state index < -0.39 is 0 Å². The number of ether oxygens (including phenoxy) is 2. The summed E-state index contributed by atoms with van der Waals surface area (Å²) in [6.07, 6.45) is -0.177. The highest BCUT2D eigenvalue weighted by Gasteiger charge is 2.26. The van der Waals surface area contributed by atoms with Gasteiger partial charge in [0.15, 0.2) is 5.78 Å². The molecule has 0 radical (unpaired) electrons. The van der Waals surface area contributed by atoms with Crippen LogP contribution in [0.5, 0.6) is 5.75 Å². The summed E-state index contributed by atoms with van der Waals surface area (Å²) < 4.78 is 12.5. The molecule has 1 aromatic heterocycles. The molecule has 1 amide bonds. The summed E-state index contributed by atoms with van der Waals surface area (Å²) in [6, 6.07) is 9.13. The molecule has 5 nitrogen and oxygen atoms in total. The number of aryl methyl sites for hydroxylation is 1. The van der Waals surface area contributed by atoms with Gasteiger partial charge in [0.1, 0.15) is 18.5 Å². The SMILES string of the molecule is CC(=O)c1ccc(OCC2CN(C(=O)c3ccc(Br)s3)CCO2)cc1C. The van der Waals surface area contributed by atoms with Crippen molar-refractivity contribution in [2.24, 2.45) is 0 Å². The molecule has 1 aliphatic rings. The second-order valence-corrected chi connectivity index (χ2v) is 8.65. The molecule has 2 aromatic rings. The maximum Gasteiger partial charge on any atom is 0.264 e. The van der Waals surface area contributed by atoms with Gasteiger partial charge >= 0.3 is 0 Å². The van der Waals surface area contributed by atoms with Crippen molar-refractivity contribution >= 4 is 39.0 Å². The van der Waals surface area contributed by atoms with Gasteiger partial charge in [-0.3, -0.25) is 9.59 Å². The smallest absolute Gasteiger partial charge is 0.264 e. The standard InChI is InChI=1S/C19H20BrNO4S/c1-12-9-14(3-4-16(12)13(2)22)25-11-15-10-21(7-8-24-15)19(23)17-5-6-18(20)26-17/h3-6,9,15H,7-8,10-11H2,1-2H3. The van der Waals surface area contributed by atoms with E-state index in [2.05, 4.69) is 15.9 Å². The van der Waals surface area contributed by atoms with E-state index in [1.807, 2.05) is 25.1 Å². The van der Waals surface area contributed by atoms with E-state index in [1.54, 1.807) is 24.0 Å². The molecule has 26 heavy (non-hydrogen) atoms. The lowest BCUT2D eigenvalue weighted by atomic mass is 10.1. The fourth-order valence-corrected chi connectivity index (χ4v) is 4.25. The quantitative estimate of drug-likeness (QED) is 0.664. The van der Waals surface area contributed by atoms with Crippen LogP contribution in [0.3, 0.4) is 0 Å². The van der Waals surface area contributed by atoms with Crippen LogP contribution in [0.15, 0.2) is 34.1 Å². The van der Waals surface area contributed by atoms with Crippen LogP contribution in [-0.4, -0.2) is 49.0 Å². The zero-order valence-electron chi connectivity index (χ0n) is 14.7.